The highest BCUT2D eigenvalue weighted by molar-refractivity contribution is 5.75. The van der Waals surface area contributed by atoms with Crippen LogP contribution < -0.4 is 0 Å². The van der Waals surface area contributed by atoms with E-state index in [0.29, 0.717) is 5.92 Å². The Bertz CT molecular complexity index is 335. The summed E-state index contributed by atoms with van der Waals surface area (Å²) in [5, 5.41) is 0. The van der Waals surface area contributed by atoms with Gasteiger partial charge in [-0.3, -0.25) is 14.6 Å². The minimum absolute atomic E-state index is 0.0761. The van der Waals surface area contributed by atoms with Gasteiger partial charge in [0.1, 0.15) is 6.04 Å². The molecule has 2 rings (SSSR count). The normalized spacial score (nSPS) is 28.8. The Labute approximate surface area is 128 Å². The Morgan fingerprint density at radius 3 is 2.86 bits per heavy atom. The lowest BCUT2D eigenvalue weighted by atomic mass is 10.0. The smallest absolute Gasteiger partial charge is 0.323 e. The number of morpholine rings is 1. The van der Waals surface area contributed by atoms with E-state index in [1.807, 2.05) is 0 Å². The van der Waals surface area contributed by atoms with Gasteiger partial charge in [0, 0.05) is 26.2 Å². The minimum Gasteiger partial charge on any atom is -0.468 e. The number of piperidine rings is 1. The molecular formula is C16H30N2O3. The molecule has 21 heavy (non-hydrogen) atoms. The highest BCUT2D eigenvalue weighted by Crippen LogP contribution is 2.20. The number of hydrogen-bond acceptors (Lipinski definition) is 5. The standard InChI is InChI=1S/C16H30N2O3/c1-13(2)10-17-8-9-21-14(11-17)12-18-7-5-4-6-15(18)16(19)20-3/h13-15H,4-12H2,1-3H3/t14?,15-/m1/s1. The van der Waals surface area contributed by atoms with Crippen LogP contribution >= 0.6 is 0 Å². The van der Waals surface area contributed by atoms with E-state index in [4.69, 9.17) is 9.47 Å². The summed E-state index contributed by atoms with van der Waals surface area (Å²) in [4.78, 5) is 16.7. The second kappa shape index (κ2) is 8.11. The zero-order valence-corrected chi connectivity index (χ0v) is 13.7. The van der Waals surface area contributed by atoms with Crippen LogP contribution in [0.15, 0.2) is 0 Å². The lowest BCUT2D eigenvalue weighted by molar-refractivity contribution is -0.149. The number of ether oxygens (including phenoxy) is 2. The van der Waals surface area contributed by atoms with E-state index in [1.165, 1.54) is 7.11 Å². The molecule has 2 fully saturated rings. The van der Waals surface area contributed by atoms with Gasteiger partial charge in [-0.05, 0) is 25.3 Å². The lowest BCUT2D eigenvalue weighted by Crippen LogP contribution is -2.53. The van der Waals surface area contributed by atoms with Crippen LogP contribution in [0.2, 0.25) is 0 Å². The summed E-state index contributed by atoms with van der Waals surface area (Å²) in [6, 6.07) is -0.0761. The van der Waals surface area contributed by atoms with Gasteiger partial charge < -0.3 is 9.47 Å². The zero-order valence-electron chi connectivity index (χ0n) is 13.7. The SMILES string of the molecule is COC(=O)[C@H]1CCCCN1CC1CN(CC(C)C)CCO1. The topological polar surface area (TPSA) is 42.0 Å². The molecule has 0 bridgehead atoms. The minimum atomic E-state index is -0.0930. The first-order valence-corrected chi connectivity index (χ1v) is 8.26. The van der Waals surface area contributed by atoms with Crippen molar-refractivity contribution in [1.82, 2.24) is 9.80 Å². The Hall–Kier alpha value is -0.650. The molecule has 2 saturated heterocycles. The number of carbonyl (C=O) groups excluding carboxylic acids is 1. The van der Waals surface area contributed by atoms with Crippen molar-refractivity contribution >= 4 is 5.97 Å². The van der Waals surface area contributed by atoms with Crippen LogP contribution in [0, 0.1) is 5.92 Å². The molecule has 5 heteroatoms. The van der Waals surface area contributed by atoms with Crippen molar-refractivity contribution in [3.63, 3.8) is 0 Å². The maximum Gasteiger partial charge on any atom is 0.323 e. The van der Waals surface area contributed by atoms with E-state index in [1.54, 1.807) is 0 Å². The average molecular weight is 298 g/mol. The average Bonchev–Trinajstić information content (AvgIpc) is 2.47. The Morgan fingerprint density at radius 1 is 1.33 bits per heavy atom. The first-order chi connectivity index (χ1) is 10.1. The first-order valence-electron chi connectivity index (χ1n) is 8.26. The van der Waals surface area contributed by atoms with Gasteiger partial charge in [0.15, 0.2) is 0 Å². The molecular weight excluding hydrogens is 268 g/mol. The molecule has 0 aliphatic carbocycles. The second-order valence-electron chi connectivity index (χ2n) is 6.68. The molecule has 0 radical (unpaired) electrons. The fraction of sp³-hybridized carbons (Fsp3) is 0.938. The predicted molar refractivity (Wildman–Crippen MR) is 82.2 cm³/mol. The molecule has 2 heterocycles. The largest absolute Gasteiger partial charge is 0.468 e. The summed E-state index contributed by atoms with van der Waals surface area (Å²) in [6.45, 7) is 10.2. The summed E-state index contributed by atoms with van der Waals surface area (Å²) in [7, 11) is 1.48. The summed E-state index contributed by atoms with van der Waals surface area (Å²) in [5.41, 5.74) is 0. The molecule has 0 aromatic heterocycles. The number of carbonyl (C=O) groups is 1. The third-order valence-corrected chi connectivity index (χ3v) is 4.37. The monoisotopic (exact) mass is 298 g/mol. The third-order valence-electron chi connectivity index (χ3n) is 4.37. The van der Waals surface area contributed by atoms with Crippen LogP contribution in [0.4, 0.5) is 0 Å². The van der Waals surface area contributed by atoms with Crippen molar-refractivity contribution in [2.24, 2.45) is 5.92 Å². The third kappa shape index (κ3) is 4.94. The van der Waals surface area contributed by atoms with Gasteiger partial charge in [-0.2, -0.15) is 0 Å². The molecule has 0 aromatic rings. The van der Waals surface area contributed by atoms with Gasteiger partial charge in [0.05, 0.1) is 19.8 Å². The molecule has 0 spiro atoms. The molecule has 0 amide bonds. The Kier molecular flexibility index (Phi) is 6.45. The number of likely N-dealkylation sites (tertiary alicyclic amines) is 1. The van der Waals surface area contributed by atoms with Crippen LogP contribution in [0.25, 0.3) is 0 Å². The maximum absolute atomic E-state index is 11.9. The molecule has 1 unspecified atom stereocenters. The van der Waals surface area contributed by atoms with Crippen LogP contribution in [0.1, 0.15) is 33.1 Å². The van der Waals surface area contributed by atoms with Crippen molar-refractivity contribution in [2.75, 3.05) is 46.4 Å². The van der Waals surface area contributed by atoms with Gasteiger partial charge in [-0.25, -0.2) is 0 Å². The van der Waals surface area contributed by atoms with Gasteiger partial charge in [0.25, 0.3) is 0 Å². The number of hydrogen-bond donors (Lipinski definition) is 0. The molecule has 0 N–H and O–H groups in total. The molecule has 5 nitrogen and oxygen atoms in total. The number of nitrogens with zero attached hydrogens (tertiary/aromatic N) is 2. The molecule has 2 atom stereocenters. The highest BCUT2D eigenvalue weighted by atomic mass is 16.5. The lowest BCUT2D eigenvalue weighted by Gasteiger charge is -2.39. The van der Waals surface area contributed by atoms with Crippen molar-refractivity contribution in [3.05, 3.63) is 0 Å². The van der Waals surface area contributed by atoms with Gasteiger partial charge in [-0.15, -0.1) is 0 Å². The van der Waals surface area contributed by atoms with Crippen molar-refractivity contribution < 1.29 is 14.3 Å². The van der Waals surface area contributed by atoms with Crippen LogP contribution in [-0.4, -0.2) is 74.4 Å². The Morgan fingerprint density at radius 2 is 2.14 bits per heavy atom. The van der Waals surface area contributed by atoms with Crippen LogP contribution in [0.3, 0.4) is 0 Å². The second-order valence-corrected chi connectivity index (χ2v) is 6.68. The summed E-state index contributed by atoms with van der Waals surface area (Å²) >= 11 is 0. The van der Waals surface area contributed by atoms with Crippen molar-refractivity contribution in [1.29, 1.82) is 0 Å². The van der Waals surface area contributed by atoms with E-state index in [9.17, 15) is 4.79 Å². The highest BCUT2D eigenvalue weighted by Gasteiger charge is 2.32. The Balaban J connectivity index is 1.87. The fourth-order valence-corrected chi connectivity index (χ4v) is 3.45. The number of methoxy groups -OCH3 is 1. The van der Waals surface area contributed by atoms with Crippen molar-refractivity contribution in [3.8, 4) is 0 Å². The summed E-state index contributed by atoms with van der Waals surface area (Å²) < 4.78 is 10.9. The fourth-order valence-electron chi connectivity index (χ4n) is 3.45. The summed E-state index contributed by atoms with van der Waals surface area (Å²) in [5.74, 6) is 0.589. The zero-order chi connectivity index (χ0) is 15.2. The predicted octanol–water partition coefficient (Wildman–Crippen LogP) is 1.37. The maximum atomic E-state index is 11.9. The first kappa shape index (κ1) is 16.7. The number of esters is 1. The molecule has 0 aromatic carbocycles. The summed E-state index contributed by atoms with van der Waals surface area (Å²) in [6.07, 6.45) is 3.40. The van der Waals surface area contributed by atoms with Gasteiger partial charge in [0.2, 0.25) is 0 Å². The molecule has 2 aliphatic heterocycles. The van der Waals surface area contributed by atoms with E-state index in [0.717, 1.165) is 58.6 Å². The number of rotatable bonds is 5. The van der Waals surface area contributed by atoms with Crippen LogP contribution in [0.5, 0.6) is 0 Å². The van der Waals surface area contributed by atoms with Gasteiger partial charge in [-0.1, -0.05) is 20.3 Å². The quantitative estimate of drug-likeness (QED) is 0.717. The van der Waals surface area contributed by atoms with E-state index in [-0.39, 0.29) is 18.1 Å². The van der Waals surface area contributed by atoms with Crippen molar-refractivity contribution in [2.45, 2.75) is 45.3 Å². The van der Waals surface area contributed by atoms with E-state index >= 15 is 0 Å². The van der Waals surface area contributed by atoms with Gasteiger partial charge >= 0.3 is 5.97 Å². The van der Waals surface area contributed by atoms with Crippen LogP contribution in [-0.2, 0) is 14.3 Å². The molecule has 2 aliphatic rings. The molecule has 122 valence electrons. The molecule has 0 saturated carbocycles. The van der Waals surface area contributed by atoms with E-state index < -0.39 is 0 Å². The van der Waals surface area contributed by atoms with E-state index in [2.05, 4.69) is 23.6 Å².